The number of amides is 1. The number of β-amino-alcohol motifs (C(OH)–C–C–N with tert-alkyl or cyclic N) is 1. The van der Waals surface area contributed by atoms with E-state index < -0.39 is 6.10 Å². The van der Waals surface area contributed by atoms with E-state index in [9.17, 15) is 9.59 Å². The third kappa shape index (κ3) is 1.51. The second kappa shape index (κ2) is 3.22. The van der Waals surface area contributed by atoms with E-state index >= 15 is 0 Å². The summed E-state index contributed by atoms with van der Waals surface area (Å²) in [6.45, 7) is 0.666. The standard InChI is InChI=1S/C8H9N3O3/c12-5-3-11(4-5)8(14)6-1-2-7(13)10-9-6/h1-2,5,12H,3-4H2,(H,10,13). The predicted molar refractivity (Wildman–Crippen MR) is 46.8 cm³/mol. The number of nitrogens with one attached hydrogen (secondary N) is 1. The number of carbonyl (C=O) groups excluding carboxylic acids is 1. The van der Waals surface area contributed by atoms with Crippen LogP contribution in [0.5, 0.6) is 0 Å². The predicted octanol–water partition coefficient (Wildman–Crippen LogP) is -1.41. The maximum Gasteiger partial charge on any atom is 0.274 e. The summed E-state index contributed by atoms with van der Waals surface area (Å²) in [5, 5.41) is 14.8. The summed E-state index contributed by atoms with van der Waals surface area (Å²) < 4.78 is 0. The van der Waals surface area contributed by atoms with Crippen LogP contribution in [0.15, 0.2) is 16.9 Å². The van der Waals surface area contributed by atoms with E-state index in [1.54, 1.807) is 0 Å². The minimum atomic E-state index is -0.429. The molecule has 74 valence electrons. The Hall–Kier alpha value is -1.69. The monoisotopic (exact) mass is 195 g/mol. The molecule has 1 saturated heterocycles. The first-order valence-corrected chi connectivity index (χ1v) is 4.20. The van der Waals surface area contributed by atoms with Gasteiger partial charge in [0.25, 0.3) is 11.5 Å². The van der Waals surface area contributed by atoms with Crippen LogP contribution in [0.3, 0.4) is 0 Å². The fraction of sp³-hybridized carbons (Fsp3) is 0.375. The van der Waals surface area contributed by atoms with Crippen LogP contribution in [0.1, 0.15) is 10.5 Å². The molecule has 1 aliphatic rings. The number of hydrogen-bond donors (Lipinski definition) is 2. The Morgan fingerprint density at radius 3 is 2.79 bits per heavy atom. The van der Waals surface area contributed by atoms with E-state index in [1.165, 1.54) is 17.0 Å². The molecule has 6 heteroatoms. The summed E-state index contributed by atoms with van der Waals surface area (Å²) in [5.41, 5.74) is -0.151. The van der Waals surface area contributed by atoms with Crippen molar-refractivity contribution in [1.82, 2.24) is 15.1 Å². The van der Waals surface area contributed by atoms with Crippen LogP contribution in [-0.4, -0.2) is 45.3 Å². The molecular formula is C8H9N3O3. The van der Waals surface area contributed by atoms with Crippen molar-refractivity contribution < 1.29 is 9.90 Å². The second-order valence-corrected chi connectivity index (χ2v) is 3.17. The van der Waals surface area contributed by atoms with Gasteiger partial charge in [-0.3, -0.25) is 9.59 Å². The molecule has 1 aromatic rings. The Labute approximate surface area is 79.2 Å². The number of rotatable bonds is 1. The molecule has 0 spiro atoms. The largest absolute Gasteiger partial charge is 0.389 e. The molecular weight excluding hydrogens is 186 g/mol. The van der Waals surface area contributed by atoms with Gasteiger partial charge in [-0.2, -0.15) is 5.10 Å². The topological polar surface area (TPSA) is 86.3 Å². The van der Waals surface area contributed by atoms with Gasteiger partial charge in [0.1, 0.15) is 5.69 Å². The average Bonchev–Trinajstić information content (AvgIpc) is 2.13. The van der Waals surface area contributed by atoms with E-state index in [1.807, 2.05) is 0 Å². The smallest absolute Gasteiger partial charge is 0.274 e. The maximum absolute atomic E-state index is 11.5. The molecule has 1 aliphatic heterocycles. The summed E-state index contributed by atoms with van der Waals surface area (Å²) in [6, 6.07) is 2.61. The Bertz CT molecular complexity index is 388. The molecule has 1 fully saturated rings. The van der Waals surface area contributed by atoms with Gasteiger partial charge >= 0.3 is 0 Å². The first kappa shape index (κ1) is 8.89. The zero-order valence-electron chi connectivity index (χ0n) is 7.30. The third-order valence-electron chi connectivity index (χ3n) is 2.05. The van der Waals surface area contributed by atoms with Gasteiger partial charge in [-0.15, -0.1) is 0 Å². The highest BCUT2D eigenvalue weighted by molar-refractivity contribution is 5.92. The maximum atomic E-state index is 11.5. The molecule has 1 aromatic heterocycles. The van der Waals surface area contributed by atoms with Crippen LogP contribution < -0.4 is 5.56 Å². The number of aromatic nitrogens is 2. The number of H-pyrrole nitrogens is 1. The van der Waals surface area contributed by atoms with Gasteiger partial charge in [-0.05, 0) is 6.07 Å². The van der Waals surface area contributed by atoms with Gasteiger partial charge in [0.2, 0.25) is 0 Å². The number of likely N-dealkylation sites (tertiary alicyclic amines) is 1. The molecule has 0 aromatic carbocycles. The van der Waals surface area contributed by atoms with E-state index in [4.69, 9.17) is 5.11 Å². The Kier molecular flexibility index (Phi) is 2.05. The number of nitrogens with zero attached hydrogens (tertiary/aromatic N) is 2. The van der Waals surface area contributed by atoms with Gasteiger partial charge in [-0.1, -0.05) is 0 Å². The van der Waals surface area contributed by atoms with Crippen molar-refractivity contribution in [3.8, 4) is 0 Å². The number of aromatic amines is 1. The summed E-state index contributed by atoms with van der Waals surface area (Å²) >= 11 is 0. The normalized spacial score (nSPS) is 16.5. The van der Waals surface area contributed by atoms with Gasteiger partial charge in [0.05, 0.1) is 6.10 Å². The summed E-state index contributed by atoms with van der Waals surface area (Å²) in [4.78, 5) is 23.6. The molecule has 6 nitrogen and oxygen atoms in total. The lowest BCUT2D eigenvalue weighted by molar-refractivity contribution is 0.00542. The molecule has 2 rings (SSSR count). The Morgan fingerprint density at radius 1 is 1.57 bits per heavy atom. The second-order valence-electron chi connectivity index (χ2n) is 3.17. The van der Waals surface area contributed by atoms with Gasteiger partial charge in [0, 0.05) is 19.2 Å². The van der Waals surface area contributed by atoms with Crippen LogP contribution in [0.2, 0.25) is 0 Å². The molecule has 2 N–H and O–H groups in total. The summed E-state index contributed by atoms with van der Waals surface area (Å²) in [7, 11) is 0. The van der Waals surface area contributed by atoms with E-state index in [2.05, 4.69) is 10.2 Å². The van der Waals surface area contributed by atoms with Crippen LogP contribution in [0.4, 0.5) is 0 Å². The van der Waals surface area contributed by atoms with Crippen molar-refractivity contribution in [1.29, 1.82) is 0 Å². The van der Waals surface area contributed by atoms with Crippen LogP contribution in [0.25, 0.3) is 0 Å². The number of aliphatic hydroxyl groups excluding tert-OH is 1. The van der Waals surface area contributed by atoms with Crippen molar-refractivity contribution in [2.75, 3.05) is 13.1 Å². The van der Waals surface area contributed by atoms with Crippen LogP contribution in [-0.2, 0) is 0 Å². The zero-order valence-corrected chi connectivity index (χ0v) is 7.30. The lowest BCUT2D eigenvalue weighted by atomic mass is 10.1. The minimum Gasteiger partial charge on any atom is -0.389 e. The van der Waals surface area contributed by atoms with Gasteiger partial charge in [-0.25, -0.2) is 5.10 Å². The van der Waals surface area contributed by atoms with Crippen LogP contribution >= 0.6 is 0 Å². The highest BCUT2D eigenvalue weighted by Gasteiger charge is 2.30. The van der Waals surface area contributed by atoms with E-state index in [0.717, 1.165) is 0 Å². The van der Waals surface area contributed by atoms with Crippen LogP contribution in [0, 0.1) is 0 Å². The molecule has 0 bridgehead atoms. The minimum absolute atomic E-state index is 0.191. The molecule has 0 aliphatic carbocycles. The highest BCUT2D eigenvalue weighted by Crippen LogP contribution is 2.10. The van der Waals surface area contributed by atoms with Crippen molar-refractivity contribution in [2.24, 2.45) is 0 Å². The van der Waals surface area contributed by atoms with E-state index in [0.29, 0.717) is 13.1 Å². The number of hydrogen-bond acceptors (Lipinski definition) is 4. The van der Waals surface area contributed by atoms with Gasteiger partial charge in [0.15, 0.2) is 0 Å². The number of carbonyl (C=O) groups is 1. The van der Waals surface area contributed by atoms with Crippen molar-refractivity contribution in [3.63, 3.8) is 0 Å². The SMILES string of the molecule is O=C(c1ccc(=O)[nH]n1)N1CC(O)C1. The van der Waals surface area contributed by atoms with Crippen molar-refractivity contribution in [2.45, 2.75) is 6.10 Å². The third-order valence-corrected chi connectivity index (χ3v) is 2.05. The highest BCUT2D eigenvalue weighted by atomic mass is 16.3. The molecule has 0 atom stereocenters. The lowest BCUT2D eigenvalue weighted by Gasteiger charge is -2.35. The van der Waals surface area contributed by atoms with Crippen molar-refractivity contribution in [3.05, 3.63) is 28.2 Å². The Balaban J connectivity index is 2.12. The Morgan fingerprint density at radius 2 is 2.29 bits per heavy atom. The zero-order chi connectivity index (χ0) is 10.1. The fourth-order valence-electron chi connectivity index (χ4n) is 1.25. The lowest BCUT2D eigenvalue weighted by Crippen LogP contribution is -2.53. The molecule has 14 heavy (non-hydrogen) atoms. The first-order valence-electron chi connectivity index (χ1n) is 4.20. The molecule has 2 heterocycles. The summed E-state index contributed by atoms with van der Waals surface area (Å²) in [6.07, 6.45) is -0.429. The molecule has 0 saturated carbocycles. The van der Waals surface area contributed by atoms with Crippen molar-refractivity contribution >= 4 is 5.91 Å². The summed E-state index contributed by atoms with van der Waals surface area (Å²) in [5.74, 6) is -0.272. The first-order chi connectivity index (χ1) is 6.66. The quantitative estimate of drug-likeness (QED) is 0.576. The molecule has 0 unspecified atom stereocenters. The molecule has 0 radical (unpaired) electrons. The van der Waals surface area contributed by atoms with Gasteiger partial charge < -0.3 is 10.0 Å². The average molecular weight is 195 g/mol. The van der Waals surface area contributed by atoms with E-state index in [-0.39, 0.29) is 17.2 Å². The number of aliphatic hydroxyl groups is 1. The fourth-order valence-corrected chi connectivity index (χ4v) is 1.25. The molecule has 1 amide bonds.